The van der Waals surface area contributed by atoms with Crippen molar-refractivity contribution in [2.24, 2.45) is 0 Å². The van der Waals surface area contributed by atoms with Crippen molar-refractivity contribution >= 4 is 19.8 Å². The second-order valence-electron chi connectivity index (χ2n) is 15.5. The van der Waals surface area contributed by atoms with Crippen LogP contribution in [0.3, 0.4) is 0 Å². The molecule has 0 rings (SSSR count). The van der Waals surface area contributed by atoms with Crippen molar-refractivity contribution in [3.05, 3.63) is 72.9 Å². The standard InChI is InChI=1S/C46H80NO9P/c1-6-8-10-12-14-15-16-17-18-19-20-21-26-30-34-38-46(50)56-44(42-55-57(51,52)54-40-39-47(3,4)5)41-53-45(49)37-33-29-25-23-22-24-28-32-36-43(48)35-31-27-13-11-9-7-2/h14-15,17-18,23-25,27-28,31-32,36,43-44,48H,6-13,16,19-22,26,29-30,33-35,37-42H2,1-5H3/b15-14-,18-17-,25-23-,28-24-,31-27-,36-32+/t43-,44-/m1/s1. The molecule has 0 radical (unpaired) electrons. The van der Waals surface area contributed by atoms with Crippen molar-refractivity contribution in [2.45, 2.75) is 161 Å². The Morgan fingerprint density at radius 2 is 1.19 bits per heavy atom. The third kappa shape index (κ3) is 41.4. The van der Waals surface area contributed by atoms with Gasteiger partial charge in [0.05, 0.1) is 33.9 Å². The molecule has 10 nitrogen and oxygen atoms in total. The van der Waals surface area contributed by atoms with E-state index in [2.05, 4.69) is 44.2 Å². The lowest BCUT2D eigenvalue weighted by molar-refractivity contribution is -0.870. The molecule has 0 amide bonds. The number of allylic oxidation sites excluding steroid dienone is 10. The molecule has 11 heteroatoms. The summed E-state index contributed by atoms with van der Waals surface area (Å²) in [6.07, 6.45) is 42.4. The molecular weight excluding hydrogens is 741 g/mol. The molecular formula is C46H80NO9P. The number of aliphatic hydroxyl groups is 1. The van der Waals surface area contributed by atoms with Gasteiger partial charge >= 0.3 is 11.9 Å². The Balaban J connectivity index is 4.57. The number of carbonyl (C=O) groups excluding carboxylic acids is 2. The van der Waals surface area contributed by atoms with E-state index in [1.54, 1.807) is 6.08 Å². The number of phosphoric acid groups is 1. The summed E-state index contributed by atoms with van der Waals surface area (Å²) < 4.78 is 33.7. The minimum Gasteiger partial charge on any atom is -0.756 e. The van der Waals surface area contributed by atoms with E-state index in [1.807, 2.05) is 57.6 Å². The summed E-state index contributed by atoms with van der Waals surface area (Å²) in [7, 11) is 1.08. The molecule has 0 aromatic rings. The third-order valence-electron chi connectivity index (χ3n) is 8.78. The number of rotatable bonds is 38. The van der Waals surface area contributed by atoms with Gasteiger partial charge in [-0.2, -0.15) is 0 Å². The highest BCUT2D eigenvalue weighted by Crippen LogP contribution is 2.38. The highest BCUT2D eigenvalue weighted by molar-refractivity contribution is 7.45. The van der Waals surface area contributed by atoms with E-state index in [0.29, 0.717) is 36.7 Å². The third-order valence-corrected chi connectivity index (χ3v) is 9.74. The van der Waals surface area contributed by atoms with Gasteiger partial charge in [0.15, 0.2) is 6.10 Å². The lowest BCUT2D eigenvalue weighted by atomic mass is 10.1. The molecule has 1 N–H and O–H groups in total. The summed E-state index contributed by atoms with van der Waals surface area (Å²) in [4.78, 5) is 37.5. The Morgan fingerprint density at radius 1 is 0.649 bits per heavy atom. The first-order valence-electron chi connectivity index (χ1n) is 21.8. The van der Waals surface area contributed by atoms with E-state index in [4.69, 9.17) is 18.5 Å². The van der Waals surface area contributed by atoms with E-state index in [-0.39, 0.29) is 26.1 Å². The number of ether oxygens (including phenoxy) is 2. The molecule has 0 aromatic heterocycles. The van der Waals surface area contributed by atoms with Gasteiger partial charge in [-0.15, -0.1) is 0 Å². The second-order valence-corrected chi connectivity index (χ2v) is 17.0. The van der Waals surface area contributed by atoms with E-state index in [1.165, 1.54) is 38.5 Å². The second kappa shape index (κ2) is 37.7. The smallest absolute Gasteiger partial charge is 0.306 e. The van der Waals surface area contributed by atoms with Crippen molar-refractivity contribution in [3.63, 3.8) is 0 Å². The number of likely N-dealkylation sites (N-methyl/N-ethyl adjacent to an activating group) is 1. The Bertz CT molecular complexity index is 1220. The molecule has 0 spiro atoms. The van der Waals surface area contributed by atoms with Gasteiger partial charge in [0.1, 0.15) is 19.8 Å². The van der Waals surface area contributed by atoms with E-state index < -0.39 is 38.6 Å². The summed E-state index contributed by atoms with van der Waals surface area (Å²) in [6, 6.07) is 0. The van der Waals surface area contributed by atoms with Crippen LogP contribution in [-0.4, -0.2) is 81.2 Å². The average molecular weight is 822 g/mol. The maximum Gasteiger partial charge on any atom is 0.306 e. The molecule has 0 saturated carbocycles. The lowest BCUT2D eigenvalue weighted by Crippen LogP contribution is -2.37. The van der Waals surface area contributed by atoms with Crippen LogP contribution in [0.4, 0.5) is 0 Å². The van der Waals surface area contributed by atoms with Crippen LogP contribution in [0.25, 0.3) is 0 Å². The zero-order chi connectivity index (χ0) is 42.3. The summed E-state index contributed by atoms with van der Waals surface area (Å²) in [5.74, 6) is -0.963. The molecule has 57 heavy (non-hydrogen) atoms. The molecule has 0 heterocycles. The molecule has 0 aromatic carbocycles. The van der Waals surface area contributed by atoms with Gasteiger partial charge in [-0.05, 0) is 77.0 Å². The van der Waals surface area contributed by atoms with Crippen LogP contribution in [0.15, 0.2) is 72.9 Å². The first-order chi connectivity index (χ1) is 27.4. The molecule has 0 aliphatic heterocycles. The maximum absolute atomic E-state index is 12.7. The number of aliphatic hydroxyl groups excluding tert-OH is 1. The maximum atomic E-state index is 12.7. The van der Waals surface area contributed by atoms with Gasteiger partial charge in [0.25, 0.3) is 7.82 Å². The van der Waals surface area contributed by atoms with Gasteiger partial charge in [-0.1, -0.05) is 132 Å². The fourth-order valence-corrected chi connectivity index (χ4v) is 6.02. The van der Waals surface area contributed by atoms with Gasteiger partial charge < -0.3 is 33.0 Å². The highest BCUT2D eigenvalue weighted by Gasteiger charge is 2.21. The topological polar surface area (TPSA) is 131 Å². The Labute approximate surface area is 347 Å². The number of unbranched alkanes of at least 4 members (excludes halogenated alkanes) is 12. The fourth-order valence-electron chi connectivity index (χ4n) is 5.29. The first-order valence-corrected chi connectivity index (χ1v) is 23.2. The molecule has 328 valence electrons. The van der Waals surface area contributed by atoms with Crippen LogP contribution in [0.5, 0.6) is 0 Å². The summed E-state index contributed by atoms with van der Waals surface area (Å²) >= 11 is 0. The first kappa shape index (κ1) is 54.4. The minimum atomic E-state index is -4.66. The van der Waals surface area contributed by atoms with Gasteiger partial charge in [0, 0.05) is 12.8 Å². The van der Waals surface area contributed by atoms with Crippen LogP contribution >= 0.6 is 7.82 Å². The van der Waals surface area contributed by atoms with Crippen molar-refractivity contribution < 1.29 is 47.2 Å². The summed E-state index contributed by atoms with van der Waals surface area (Å²) in [5, 5.41) is 10.0. The molecule has 0 saturated heterocycles. The van der Waals surface area contributed by atoms with Crippen LogP contribution in [0.1, 0.15) is 149 Å². The van der Waals surface area contributed by atoms with Crippen molar-refractivity contribution in [3.8, 4) is 0 Å². The fraction of sp³-hybridized carbons (Fsp3) is 0.696. The summed E-state index contributed by atoms with van der Waals surface area (Å²) in [5.41, 5.74) is 0. The summed E-state index contributed by atoms with van der Waals surface area (Å²) in [6.45, 7) is 3.97. The normalized spacial score (nSPS) is 14.9. The zero-order valence-corrected chi connectivity index (χ0v) is 37.3. The molecule has 0 aliphatic rings. The Morgan fingerprint density at radius 3 is 1.82 bits per heavy atom. The number of nitrogens with zero attached hydrogens (tertiary/aromatic N) is 1. The van der Waals surface area contributed by atoms with Crippen LogP contribution < -0.4 is 4.89 Å². The average Bonchev–Trinajstić information content (AvgIpc) is 3.15. The molecule has 3 atom stereocenters. The van der Waals surface area contributed by atoms with Gasteiger partial charge in [0.2, 0.25) is 0 Å². The van der Waals surface area contributed by atoms with Gasteiger partial charge in [-0.25, -0.2) is 0 Å². The number of hydrogen-bond acceptors (Lipinski definition) is 9. The van der Waals surface area contributed by atoms with Crippen LogP contribution in [-0.2, 0) is 32.7 Å². The number of esters is 2. The molecule has 1 unspecified atom stereocenters. The van der Waals surface area contributed by atoms with E-state index in [0.717, 1.165) is 57.8 Å². The number of phosphoric ester groups is 1. The number of quaternary nitrogens is 1. The lowest BCUT2D eigenvalue weighted by Gasteiger charge is -2.28. The number of carbonyl (C=O) groups is 2. The van der Waals surface area contributed by atoms with Crippen molar-refractivity contribution in [1.82, 2.24) is 0 Å². The monoisotopic (exact) mass is 822 g/mol. The highest BCUT2D eigenvalue weighted by atomic mass is 31.2. The Hall–Kier alpha value is -2.59. The molecule has 0 fully saturated rings. The predicted octanol–water partition coefficient (Wildman–Crippen LogP) is 10.6. The largest absolute Gasteiger partial charge is 0.756 e. The molecule has 0 aliphatic carbocycles. The number of hydrogen-bond donors (Lipinski definition) is 1. The quantitative estimate of drug-likeness (QED) is 0.0161. The van der Waals surface area contributed by atoms with Crippen molar-refractivity contribution in [2.75, 3.05) is 47.5 Å². The Kier molecular flexibility index (Phi) is 36.0. The predicted molar refractivity (Wildman–Crippen MR) is 232 cm³/mol. The minimum absolute atomic E-state index is 0.0557. The van der Waals surface area contributed by atoms with Crippen LogP contribution in [0.2, 0.25) is 0 Å². The van der Waals surface area contributed by atoms with Crippen LogP contribution in [0, 0.1) is 0 Å². The van der Waals surface area contributed by atoms with Gasteiger partial charge in [-0.3, -0.25) is 14.2 Å². The van der Waals surface area contributed by atoms with E-state index in [9.17, 15) is 24.2 Å². The van der Waals surface area contributed by atoms with Crippen molar-refractivity contribution in [1.29, 1.82) is 0 Å². The zero-order valence-electron chi connectivity index (χ0n) is 36.4. The van der Waals surface area contributed by atoms with E-state index >= 15 is 0 Å². The SMILES string of the molecule is CCCCC/C=C\C/C=C\CCCCCCCC(=O)O[C@H](COC(=O)CCC/C=C\C/C=C\C=C\[C@H](O)C/C=C\CCCCC)COP(=O)([O-])OCC[N+](C)(C)C. The molecule has 0 bridgehead atoms.